The van der Waals surface area contributed by atoms with E-state index in [9.17, 15) is 9.18 Å². The number of piperazine rings is 1. The van der Waals surface area contributed by atoms with Crippen molar-refractivity contribution < 1.29 is 13.9 Å². The fraction of sp³-hybridized carbons (Fsp3) is 0.381. The van der Waals surface area contributed by atoms with E-state index in [1.54, 1.807) is 11.0 Å². The van der Waals surface area contributed by atoms with Gasteiger partial charge in [0.25, 0.3) is 0 Å². The van der Waals surface area contributed by atoms with Gasteiger partial charge in [0.15, 0.2) is 0 Å². The highest BCUT2D eigenvalue weighted by molar-refractivity contribution is 6.33. The highest BCUT2D eigenvalue weighted by Crippen LogP contribution is 2.34. The standard InChI is InChI=1S/C21H23ClFN5O2/c1-3-18(29)26-9-11-27(12-10-26)20-14-7-8-28(13-16(14)24-21(25-20)30-2)17-6-4-5-15(23)19(17)22/h3-6H,1,7-13H2,2H3. The number of fused-ring (bicyclic) bond motifs is 1. The molecule has 0 bridgehead atoms. The predicted molar refractivity (Wildman–Crippen MR) is 114 cm³/mol. The van der Waals surface area contributed by atoms with E-state index in [-0.39, 0.29) is 10.9 Å². The van der Waals surface area contributed by atoms with Gasteiger partial charge >= 0.3 is 6.01 Å². The summed E-state index contributed by atoms with van der Waals surface area (Å²) in [5.41, 5.74) is 2.55. The minimum Gasteiger partial charge on any atom is -0.467 e. The van der Waals surface area contributed by atoms with Crippen molar-refractivity contribution in [3.05, 3.63) is 53.0 Å². The van der Waals surface area contributed by atoms with Crippen molar-refractivity contribution in [2.45, 2.75) is 13.0 Å². The Morgan fingerprint density at radius 2 is 1.97 bits per heavy atom. The molecule has 30 heavy (non-hydrogen) atoms. The molecule has 1 saturated heterocycles. The average molecular weight is 432 g/mol. The Hall–Kier alpha value is -2.87. The second-order valence-electron chi connectivity index (χ2n) is 7.22. The van der Waals surface area contributed by atoms with E-state index in [0.29, 0.717) is 57.4 Å². The molecule has 0 atom stereocenters. The minimum atomic E-state index is -0.437. The first kappa shape index (κ1) is 20.4. The molecule has 0 spiro atoms. The van der Waals surface area contributed by atoms with Gasteiger partial charge in [-0.15, -0.1) is 0 Å². The summed E-state index contributed by atoms with van der Waals surface area (Å²) < 4.78 is 19.3. The molecular weight excluding hydrogens is 409 g/mol. The number of aromatic nitrogens is 2. The Balaban J connectivity index is 1.61. The van der Waals surface area contributed by atoms with Crippen molar-refractivity contribution in [3.8, 4) is 6.01 Å². The molecule has 9 heteroatoms. The number of anilines is 2. The van der Waals surface area contributed by atoms with Crippen LogP contribution in [0.15, 0.2) is 30.9 Å². The molecule has 4 rings (SSSR count). The molecule has 1 amide bonds. The van der Waals surface area contributed by atoms with Crippen molar-refractivity contribution >= 4 is 29.0 Å². The number of halogens is 2. The molecule has 1 fully saturated rings. The Kier molecular flexibility index (Phi) is 5.76. The molecule has 0 saturated carbocycles. The molecule has 1 aromatic carbocycles. The van der Waals surface area contributed by atoms with Crippen LogP contribution < -0.4 is 14.5 Å². The lowest BCUT2D eigenvalue weighted by Gasteiger charge is -2.38. The van der Waals surface area contributed by atoms with Crippen molar-refractivity contribution in [1.29, 1.82) is 0 Å². The van der Waals surface area contributed by atoms with Gasteiger partial charge in [-0.2, -0.15) is 9.97 Å². The second-order valence-corrected chi connectivity index (χ2v) is 7.60. The molecule has 2 aliphatic rings. The summed E-state index contributed by atoms with van der Waals surface area (Å²) in [4.78, 5) is 27.0. The highest BCUT2D eigenvalue weighted by atomic mass is 35.5. The minimum absolute atomic E-state index is 0.0560. The summed E-state index contributed by atoms with van der Waals surface area (Å²) in [5, 5.41) is 0.116. The number of ether oxygens (including phenoxy) is 1. The summed E-state index contributed by atoms with van der Waals surface area (Å²) in [6, 6.07) is 5.11. The zero-order valence-corrected chi connectivity index (χ0v) is 17.5. The van der Waals surface area contributed by atoms with Gasteiger partial charge in [0, 0.05) is 38.3 Å². The van der Waals surface area contributed by atoms with Gasteiger partial charge < -0.3 is 19.4 Å². The van der Waals surface area contributed by atoms with Gasteiger partial charge in [-0.3, -0.25) is 4.79 Å². The lowest BCUT2D eigenvalue weighted by Crippen LogP contribution is -2.49. The summed E-state index contributed by atoms with van der Waals surface area (Å²) in [6.07, 6.45) is 2.05. The van der Waals surface area contributed by atoms with Gasteiger partial charge in [0.1, 0.15) is 11.6 Å². The summed E-state index contributed by atoms with van der Waals surface area (Å²) in [5.74, 6) is 0.347. The molecule has 158 valence electrons. The number of rotatable bonds is 4. The molecule has 0 radical (unpaired) electrons. The van der Waals surface area contributed by atoms with E-state index >= 15 is 0 Å². The van der Waals surface area contributed by atoms with E-state index in [1.165, 1.54) is 19.3 Å². The number of hydrogen-bond donors (Lipinski definition) is 0. The lowest BCUT2D eigenvalue weighted by molar-refractivity contribution is -0.126. The van der Waals surface area contributed by atoms with Gasteiger partial charge in [-0.05, 0) is 24.6 Å². The molecule has 0 unspecified atom stereocenters. The number of carbonyl (C=O) groups is 1. The third-order valence-corrected chi connectivity index (χ3v) is 5.92. The van der Waals surface area contributed by atoms with E-state index in [0.717, 1.165) is 17.1 Å². The number of carbonyl (C=O) groups excluding carboxylic acids is 1. The Labute approximate surface area is 179 Å². The van der Waals surface area contributed by atoms with Crippen molar-refractivity contribution in [2.75, 3.05) is 49.6 Å². The van der Waals surface area contributed by atoms with E-state index in [2.05, 4.69) is 21.4 Å². The summed E-state index contributed by atoms with van der Waals surface area (Å²) >= 11 is 6.19. The number of nitrogens with zero attached hydrogens (tertiary/aromatic N) is 5. The first-order valence-corrected chi connectivity index (χ1v) is 10.2. The smallest absolute Gasteiger partial charge is 0.318 e. The van der Waals surface area contributed by atoms with Crippen LogP contribution in [-0.4, -0.2) is 60.6 Å². The SMILES string of the molecule is C=CC(=O)N1CCN(c2nc(OC)nc3c2CCN(c2cccc(F)c2Cl)C3)CC1. The Bertz CT molecular complexity index is 978. The van der Waals surface area contributed by atoms with Gasteiger partial charge in [0.2, 0.25) is 5.91 Å². The quantitative estimate of drug-likeness (QED) is 0.694. The lowest BCUT2D eigenvalue weighted by atomic mass is 10.0. The second kappa shape index (κ2) is 8.47. The Morgan fingerprint density at radius 3 is 2.67 bits per heavy atom. The maximum absolute atomic E-state index is 13.9. The van der Waals surface area contributed by atoms with Crippen LogP contribution in [0.3, 0.4) is 0 Å². The highest BCUT2D eigenvalue weighted by Gasteiger charge is 2.29. The zero-order valence-electron chi connectivity index (χ0n) is 16.8. The van der Waals surface area contributed by atoms with Crippen LogP contribution in [0.4, 0.5) is 15.9 Å². The van der Waals surface area contributed by atoms with Crippen LogP contribution in [0, 0.1) is 5.82 Å². The van der Waals surface area contributed by atoms with Gasteiger partial charge in [-0.1, -0.05) is 24.2 Å². The summed E-state index contributed by atoms with van der Waals surface area (Å²) in [7, 11) is 1.54. The zero-order chi connectivity index (χ0) is 21.3. The molecular formula is C21H23ClFN5O2. The Morgan fingerprint density at radius 1 is 1.20 bits per heavy atom. The van der Waals surface area contributed by atoms with Crippen LogP contribution in [0.25, 0.3) is 0 Å². The van der Waals surface area contributed by atoms with E-state index in [4.69, 9.17) is 16.3 Å². The molecule has 1 aromatic heterocycles. The molecule has 0 N–H and O–H groups in total. The summed E-state index contributed by atoms with van der Waals surface area (Å²) in [6.45, 7) is 7.28. The number of benzene rings is 1. The van der Waals surface area contributed by atoms with E-state index in [1.807, 2.05) is 11.0 Å². The molecule has 3 heterocycles. The third-order valence-electron chi connectivity index (χ3n) is 5.54. The van der Waals surface area contributed by atoms with Crippen LogP contribution in [-0.2, 0) is 17.8 Å². The first-order chi connectivity index (χ1) is 14.5. The van der Waals surface area contributed by atoms with Crippen molar-refractivity contribution in [1.82, 2.24) is 14.9 Å². The molecule has 2 aromatic rings. The number of methoxy groups -OCH3 is 1. The largest absolute Gasteiger partial charge is 0.467 e. The predicted octanol–water partition coefficient (Wildman–Crippen LogP) is 2.68. The van der Waals surface area contributed by atoms with Crippen LogP contribution in [0.5, 0.6) is 6.01 Å². The molecule has 2 aliphatic heterocycles. The first-order valence-electron chi connectivity index (χ1n) is 9.81. The number of amides is 1. The monoisotopic (exact) mass is 431 g/mol. The third kappa shape index (κ3) is 3.79. The van der Waals surface area contributed by atoms with Crippen molar-refractivity contribution in [2.24, 2.45) is 0 Å². The normalized spacial score (nSPS) is 16.3. The maximum Gasteiger partial charge on any atom is 0.318 e. The average Bonchev–Trinajstić information content (AvgIpc) is 2.79. The molecule has 0 aliphatic carbocycles. The fourth-order valence-corrected chi connectivity index (χ4v) is 4.20. The van der Waals surface area contributed by atoms with E-state index < -0.39 is 5.82 Å². The van der Waals surface area contributed by atoms with Crippen LogP contribution in [0.1, 0.15) is 11.3 Å². The fourth-order valence-electron chi connectivity index (χ4n) is 3.95. The van der Waals surface area contributed by atoms with Gasteiger partial charge in [0.05, 0.1) is 30.1 Å². The number of hydrogen-bond acceptors (Lipinski definition) is 6. The maximum atomic E-state index is 13.9. The topological polar surface area (TPSA) is 61.8 Å². The molecule has 7 nitrogen and oxygen atoms in total. The van der Waals surface area contributed by atoms with Crippen molar-refractivity contribution in [3.63, 3.8) is 0 Å². The van der Waals surface area contributed by atoms with Gasteiger partial charge in [-0.25, -0.2) is 4.39 Å². The van der Waals surface area contributed by atoms with Crippen LogP contribution in [0.2, 0.25) is 5.02 Å². The van der Waals surface area contributed by atoms with Crippen LogP contribution >= 0.6 is 11.6 Å².